The zero-order chi connectivity index (χ0) is 15.2. The normalized spacial score (nSPS) is 11.9. The Labute approximate surface area is 129 Å². The third-order valence-electron chi connectivity index (χ3n) is 2.62. The molecule has 0 fully saturated rings. The molecule has 0 aliphatic carbocycles. The highest BCUT2D eigenvalue weighted by Gasteiger charge is 2.09. The summed E-state index contributed by atoms with van der Waals surface area (Å²) in [5.41, 5.74) is 1.15. The first kappa shape index (κ1) is 15.7. The van der Waals surface area contributed by atoms with E-state index < -0.39 is 22.5 Å². The lowest BCUT2D eigenvalue weighted by molar-refractivity contribution is -0.113. The van der Waals surface area contributed by atoms with Crippen LogP contribution in [-0.4, -0.2) is 15.9 Å². The van der Waals surface area contributed by atoms with Crippen LogP contribution in [0.25, 0.3) is 0 Å². The number of hydrogen-bond acceptors (Lipinski definition) is 2. The minimum Gasteiger partial charge on any atom is -0.325 e. The highest BCUT2D eigenvalue weighted by molar-refractivity contribution is 7.84. The van der Waals surface area contributed by atoms with Gasteiger partial charge in [0, 0.05) is 27.3 Å². The van der Waals surface area contributed by atoms with Gasteiger partial charge in [0.15, 0.2) is 0 Å². The summed E-state index contributed by atoms with van der Waals surface area (Å²) in [5, 5.41) is 3.08. The summed E-state index contributed by atoms with van der Waals surface area (Å²) < 4.78 is 24.9. The maximum absolute atomic E-state index is 13.0. The van der Waals surface area contributed by atoms with Crippen molar-refractivity contribution in [1.82, 2.24) is 0 Å². The van der Waals surface area contributed by atoms with Crippen LogP contribution in [0.5, 0.6) is 0 Å². The summed E-state index contributed by atoms with van der Waals surface area (Å²) in [6.45, 7) is 0. The largest absolute Gasteiger partial charge is 0.325 e. The first-order valence-corrected chi connectivity index (χ1v) is 8.04. The lowest BCUT2D eigenvalue weighted by Gasteiger charge is -2.06. The minimum absolute atomic E-state index is 0.150. The van der Waals surface area contributed by atoms with Crippen molar-refractivity contribution in [2.24, 2.45) is 0 Å². The highest BCUT2D eigenvalue weighted by Crippen LogP contribution is 2.13. The van der Waals surface area contributed by atoms with Gasteiger partial charge in [-0.3, -0.25) is 9.00 Å². The second kappa shape index (κ2) is 7.33. The summed E-state index contributed by atoms with van der Waals surface area (Å²) in [5.74, 6) is -0.756. The van der Waals surface area contributed by atoms with E-state index >= 15 is 0 Å². The standard InChI is InChI=1S/C15H13ClFNO2S/c16-12-4-1-3-11(7-12)9-21(20)10-15(19)18-14-6-2-5-13(17)8-14/h1-8H,9-10H2,(H,18,19)/t21-/m1/s1. The van der Waals surface area contributed by atoms with Gasteiger partial charge in [-0.2, -0.15) is 0 Å². The van der Waals surface area contributed by atoms with E-state index in [0.717, 1.165) is 5.56 Å². The van der Waals surface area contributed by atoms with Crippen LogP contribution < -0.4 is 5.32 Å². The second-order valence-electron chi connectivity index (χ2n) is 4.42. The van der Waals surface area contributed by atoms with Crippen molar-refractivity contribution >= 4 is 34.0 Å². The molecule has 0 radical (unpaired) electrons. The smallest absolute Gasteiger partial charge is 0.237 e. The van der Waals surface area contributed by atoms with Crippen LogP contribution in [0.1, 0.15) is 5.56 Å². The molecule has 0 saturated heterocycles. The van der Waals surface area contributed by atoms with E-state index in [1.165, 1.54) is 18.2 Å². The molecule has 0 aliphatic rings. The van der Waals surface area contributed by atoms with Crippen LogP contribution in [0.3, 0.4) is 0 Å². The maximum atomic E-state index is 13.0. The molecule has 0 aliphatic heterocycles. The number of amides is 1. The van der Waals surface area contributed by atoms with E-state index in [1.54, 1.807) is 30.3 Å². The Morgan fingerprint density at radius 2 is 1.95 bits per heavy atom. The molecule has 2 aromatic rings. The molecule has 1 N–H and O–H groups in total. The second-order valence-corrected chi connectivity index (χ2v) is 6.31. The van der Waals surface area contributed by atoms with Gasteiger partial charge in [0.2, 0.25) is 5.91 Å². The molecule has 110 valence electrons. The fraction of sp³-hybridized carbons (Fsp3) is 0.133. The monoisotopic (exact) mass is 325 g/mol. The van der Waals surface area contributed by atoms with Crippen molar-refractivity contribution in [2.75, 3.05) is 11.1 Å². The van der Waals surface area contributed by atoms with E-state index in [9.17, 15) is 13.4 Å². The lowest BCUT2D eigenvalue weighted by Crippen LogP contribution is -2.20. The number of anilines is 1. The van der Waals surface area contributed by atoms with Gasteiger partial charge in [-0.15, -0.1) is 0 Å². The van der Waals surface area contributed by atoms with Crippen LogP contribution in [0.15, 0.2) is 48.5 Å². The first-order valence-electron chi connectivity index (χ1n) is 6.18. The minimum atomic E-state index is -1.35. The Balaban J connectivity index is 1.89. The number of hydrogen-bond donors (Lipinski definition) is 1. The summed E-state index contributed by atoms with van der Waals surface area (Å²) in [6.07, 6.45) is 0. The molecule has 6 heteroatoms. The molecule has 2 rings (SSSR count). The Morgan fingerprint density at radius 3 is 2.67 bits per heavy atom. The van der Waals surface area contributed by atoms with Crippen molar-refractivity contribution in [1.29, 1.82) is 0 Å². The van der Waals surface area contributed by atoms with Gasteiger partial charge in [0.05, 0.1) is 0 Å². The average molecular weight is 326 g/mol. The molecule has 2 aromatic carbocycles. The molecule has 21 heavy (non-hydrogen) atoms. The SMILES string of the molecule is O=C(C[S@](=O)Cc1cccc(Cl)c1)Nc1cccc(F)c1. The molecule has 0 spiro atoms. The number of rotatable bonds is 5. The summed E-state index contributed by atoms with van der Waals surface area (Å²) in [4.78, 5) is 11.7. The first-order chi connectivity index (χ1) is 10.0. The molecule has 0 aromatic heterocycles. The summed E-state index contributed by atoms with van der Waals surface area (Å²) >= 11 is 5.84. The van der Waals surface area contributed by atoms with Crippen molar-refractivity contribution in [3.05, 3.63) is 64.9 Å². The number of carbonyl (C=O) groups excluding carboxylic acids is 1. The van der Waals surface area contributed by atoms with Crippen molar-refractivity contribution in [2.45, 2.75) is 5.75 Å². The number of halogens is 2. The zero-order valence-corrected chi connectivity index (χ0v) is 12.6. The number of carbonyl (C=O) groups is 1. The molecule has 1 amide bonds. The van der Waals surface area contributed by atoms with E-state index in [0.29, 0.717) is 10.7 Å². The van der Waals surface area contributed by atoms with Crippen LogP contribution in [0.4, 0.5) is 10.1 Å². The van der Waals surface area contributed by atoms with Gasteiger partial charge < -0.3 is 5.32 Å². The molecule has 1 atom stereocenters. The van der Waals surface area contributed by atoms with E-state index in [1.807, 2.05) is 0 Å². The fourth-order valence-electron chi connectivity index (χ4n) is 1.77. The van der Waals surface area contributed by atoms with Crippen molar-refractivity contribution in [3.8, 4) is 0 Å². The molecule has 3 nitrogen and oxygen atoms in total. The van der Waals surface area contributed by atoms with Crippen LogP contribution in [0.2, 0.25) is 5.02 Å². The van der Waals surface area contributed by atoms with Gasteiger partial charge in [0.25, 0.3) is 0 Å². The molecule has 0 unspecified atom stereocenters. The summed E-state index contributed by atoms with van der Waals surface area (Å²) in [7, 11) is -1.35. The van der Waals surface area contributed by atoms with Crippen LogP contribution >= 0.6 is 11.6 Å². The average Bonchev–Trinajstić information content (AvgIpc) is 2.38. The van der Waals surface area contributed by atoms with Crippen LogP contribution in [-0.2, 0) is 21.3 Å². The van der Waals surface area contributed by atoms with E-state index in [2.05, 4.69) is 5.32 Å². The van der Waals surface area contributed by atoms with Gasteiger partial charge in [0.1, 0.15) is 11.6 Å². The third kappa shape index (κ3) is 5.28. The Hall–Kier alpha value is -1.72. The van der Waals surface area contributed by atoms with Crippen molar-refractivity contribution in [3.63, 3.8) is 0 Å². The molecular formula is C15H13ClFNO2S. The topological polar surface area (TPSA) is 46.2 Å². The zero-order valence-electron chi connectivity index (χ0n) is 11.0. The van der Waals surface area contributed by atoms with Gasteiger partial charge in [-0.1, -0.05) is 29.8 Å². The predicted octanol–water partition coefficient (Wildman–Crippen LogP) is 3.37. The molecule has 0 heterocycles. The lowest BCUT2D eigenvalue weighted by atomic mass is 10.2. The maximum Gasteiger partial charge on any atom is 0.237 e. The van der Waals surface area contributed by atoms with Gasteiger partial charge in [-0.25, -0.2) is 4.39 Å². The summed E-state index contributed by atoms with van der Waals surface area (Å²) in [6, 6.07) is 12.6. The number of nitrogens with one attached hydrogen (secondary N) is 1. The van der Waals surface area contributed by atoms with E-state index in [-0.39, 0.29) is 11.5 Å². The van der Waals surface area contributed by atoms with E-state index in [4.69, 9.17) is 11.6 Å². The molecule has 0 saturated carbocycles. The Morgan fingerprint density at radius 1 is 1.19 bits per heavy atom. The molecule has 0 bridgehead atoms. The quantitative estimate of drug-likeness (QED) is 0.916. The fourth-order valence-corrected chi connectivity index (χ4v) is 3.00. The Bertz CT molecular complexity index is 621. The van der Waals surface area contributed by atoms with Gasteiger partial charge in [-0.05, 0) is 35.9 Å². The Kier molecular flexibility index (Phi) is 5.47. The van der Waals surface area contributed by atoms with Crippen molar-refractivity contribution < 1.29 is 13.4 Å². The highest BCUT2D eigenvalue weighted by atomic mass is 35.5. The number of benzene rings is 2. The third-order valence-corrected chi connectivity index (χ3v) is 4.09. The van der Waals surface area contributed by atoms with Gasteiger partial charge >= 0.3 is 0 Å². The van der Waals surface area contributed by atoms with Crippen LogP contribution in [0, 0.1) is 5.82 Å². The predicted molar refractivity (Wildman–Crippen MR) is 83.2 cm³/mol. The molecular weight excluding hydrogens is 313 g/mol.